The highest BCUT2D eigenvalue weighted by Gasteiger charge is 1.99. The minimum absolute atomic E-state index is 0. The lowest BCUT2D eigenvalue weighted by molar-refractivity contribution is 0.415. The average molecular weight is 432 g/mol. The van der Waals surface area contributed by atoms with Gasteiger partial charge in [-0.05, 0) is 30.2 Å². The van der Waals surface area contributed by atoms with Gasteiger partial charge in [0.1, 0.15) is 5.75 Å². The summed E-state index contributed by atoms with van der Waals surface area (Å²) in [6.45, 7) is 0.576. The van der Waals surface area contributed by atoms with E-state index in [1.165, 1.54) is 0 Å². The highest BCUT2D eigenvalue weighted by molar-refractivity contribution is 14.0. The average Bonchev–Trinajstić information content (AvgIpc) is 2.49. The van der Waals surface area contributed by atoms with Crippen molar-refractivity contribution in [2.45, 2.75) is 6.42 Å². The molecule has 0 amide bonds. The number of nitrogens with one attached hydrogen (secondary N) is 1. The van der Waals surface area contributed by atoms with Crippen LogP contribution in [-0.4, -0.2) is 19.6 Å². The van der Waals surface area contributed by atoms with Crippen LogP contribution in [0.25, 0.3) is 0 Å². The summed E-state index contributed by atoms with van der Waals surface area (Å²) in [6.07, 6.45) is 0.750. The maximum absolute atomic E-state index is 6.09. The van der Waals surface area contributed by atoms with Gasteiger partial charge in [0, 0.05) is 23.3 Å². The molecule has 2 rings (SSSR count). The van der Waals surface area contributed by atoms with Gasteiger partial charge in [0.05, 0.1) is 7.11 Å². The molecule has 0 bridgehead atoms. The topological polar surface area (TPSA) is 59.6 Å². The van der Waals surface area contributed by atoms with E-state index >= 15 is 0 Å². The van der Waals surface area contributed by atoms with Gasteiger partial charge in [0.15, 0.2) is 5.96 Å². The molecule has 0 heterocycles. The van der Waals surface area contributed by atoms with Crippen molar-refractivity contribution in [2.75, 3.05) is 19.0 Å². The minimum atomic E-state index is 0. The lowest BCUT2D eigenvalue weighted by atomic mass is 10.1. The molecule has 0 fully saturated rings. The number of methoxy groups -OCH3 is 1. The summed E-state index contributed by atoms with van der Waals surface area (Å²) in [5.41, 5.74) is 7.77. The summed E-state index contributed by atoms with van der Waals surface area (Å²) < 4.78 is 5.15. The molecule has 0 unspecified atom stereocenters. The quantitative estimate of drug-likeness (QED) is 0.428. The molecule has 0 spiro atoms. The third kappa shape index (κ3) is 5.73. The Hall–Kier alpha value is -1.47. The van der Waals surface area contributed by atoms with Crippen molar-refractivity contribution in [2.24, 2.45) is 10.7 Å². The van der Waals surface area contributed by atoms with Crippen LogP contribution in [-0.2, 0) is 6.42 Å². The van der Waals surface area contributed by atoms with Gasteiger partial charge in [-0.3, -0.25) is 4.99 Å². The van der Waals surface area contributed by atoms with E-state index in [1.54, 1.807) is 7.11 Å². The largest absolute Gasteiger partial charge is 0.497 e. The van der Waals surface area contributed by atoms with Gasteiger partial charge in [0.25, 0.3) is 0 Å². The molecule has 0 aliphatic carbocycles. The summed E-state index contributed by atoms with van der Waals surface area (Å²) >= 11 is 6.09. The Labute approximate surface area is 152 Å². The number of halogens is 2. The van der Waals surface area contributed by atoms with Gasteiger partial charge < -0.3 is 15.8 Å². The molecular weight excluding hydrogens is 413 g/mol. The summed E-state index contributed by atoms with van der Waals surface area (Å²) in [7, 11) is 1.63. The second-order valence-electron chi connectivity index (χ2n) is 4.47. The second kappa shape index (κ2) is 9.53. The molecule has 0 saturated carbocycles. The predicted molar refractivity (Wildman–Crippen MR) is 104 cm³/mol. The van der Waals surface area contributed by atoms with E-state index < -0.39 is 0 Å². The Kier molecular flexibility index (Phi) is 8.05. The zero-order chi connectivity index (χ0) is 15.1. The summed E-state index contributed by atoms with van der Waals surface area (Å²) in [4.78, 5) is 4.30. The molecule has 4 nitrogen and oxygen atoms in total. The normalized spacial score (nSPS) is 10.7. The lowest BCUT2D eigenvalue weighted by Crippen LogP contribution is -2.23. The first-order chi connectivity index (χ1) is 10.2. The first kappa shape index (κ1) is 18.6. The zero-order valence-corrected chi connectivity index (χ0v) is 15.3. The molecule has 118 valence electrons. The number of guanidine groups is 1. The number of nitrogens with two attached hydrogens (primary N) is 1. The van der Waals surface area contributed by atoms with Crippen LogP contribution in [0, 0.1) is 0 Å². The number of anilines is 1. The lowest BCUT2D eigenvalue weighted by Gasteiger charge is -2.07. The number of nitrogens with zero attached hydrogens (tertiary/aromatic N) is 1. The number of hydrogen-bond donors (Lipinski definition) is 2. The molecule has 0 aliphatic rings. The number of rotatable bonds is 5. The van der Waals surface area contributed by atoms with Crippen LogP contribution in [0.4, 0.5) is 5.69 Å². The third-order valence-corrected chi connectivity index (χ3v) is 3.33. The maximum atomic E-state index is 6.09. The Morgan fingerprint density at radius 1 is 1.23 bits per heavy atom. The van der Waals surface area contributed by atoms with Crippen LogP contribution in [0.15, 0.2) is 53.5 Å². The predicted octanol–water partition coefficient (Wildman–Crippen LogP) is 3.94. The fourth-order valence-corrected chi connectivity index (χ4v) is 2.12. The van der Waals surface area contributed by atoms with Gasteiger partial charge in [-0.15, -0.1) is 24.0 Å². The fraction of sp³-hybridized carbons (Fsp3) is 0.188. The molecule has 0 radical (unpaired) electrons. The molecule has 2 aromatic carbocycles. The van der Waals surface area contributed by atoms with E-state index in [-0.39, 0.29) is 24.0 Å². The van der Waals surface area contributed by atoms with Gasteiger partial charge >= 0.3 is 0 Å². The standard InChI is InChI=1S/C16H18ClN3O.HI/c1-21-14-7-4-6-13(11-14)20-16(18)19-10-9-12-5-2-3-8-15(12)17;/h2-8,11H,9-10H2,1H3,(H3,18,19,20);1H. The van der Waals surface area contributed by atoms with Crippen molar-refractivity contribution < 1.29 is 4.74 Å². The Morgan fingerprint density at radius 3 is 2.73 bits per heavy atom. The minimum Gasteiger partial charge on any atom is -0.497 e. The molecule has 0 saturated heterocycles. The first-order valence-corrected chi connectivity index (χ1v) is 7.01. The SMILES string of the molecule is COc1cccc(NC(N)=NCCc2ccccc2Cl)c1.I. The second-order valence-corrected chi connectivity index (χ2v) is 4.87. The summed E-state index contributed by atoms with van der Waals surface area (Å²) in [5, 5.41) is 3.79. The fourth-order valence-electron chi connectivity index (χ4n) is 1.89. The van der Waals surface area contributed by atoms with Gasteiger partial charge in [-0.2, -0.15) is 0 Å². The van der Waals surface area contributed by atoms with Crippen molar-refractivity contribution in [3.8, 4) is 5.75 Å². The Balaban J connectivity index is 0.00000242. The van der Waals surface area contributed by atoms with Crippen molar-refractivity contribution >= 4 is 47.2 Å². The van der Waals surface area contributed by atoms with Gasteiger partial charge in [-0.25, -0.2) is 0 Å². The van der Waals surface area contributed by atoms with Crippen molar-refractivity contribution in [1.82, 2.24) is 0 Å². The zero-order valence-electron chi connectivity index (χ0n) is 12.3. The van der Waals surface area contributed by atoms with Crippen LogP contribution < -0.4 is 15.8 Å². The molecular formula is C16H19ClIN3O. The van der Waals surface area contributed by atoms with Crippen molar-refractivity contribution in [3.05, 3.63) is 59.1 Å². The monoisotopic (exact) mass is 431 g/mol. The van der Waals surface area contributed by atoms with Crippen molar-refractivity contribution in [3.63, 3.8) is 0 Å². The third-order valence-electron chi connectivity index (χ3n) is 2.96. The summed E-state index contributed by atoms with van der Waals surface area (Å²) in [6, 6.07) is 15.3. The van der Waals surface area contributed by atoms with Gasteiger partial charge in [0.2, 0.25) is 0 Å². The smallest absolute Gasteiger partial charge is 0.193 e. The maximum Gasteiger partial charge on any atom is 0.193 e. The number of aliphatic imine (C=N–C) groups is 1. The number of benzene rings is 2. The van der Waals surface area contributed by atoms with E-state index in [0.29, 0.717) is 12.5 Å². The summed E-state index contributed by atoms with van der Waals surface area (Å²) in [5.74, 6) is 1.14. The van der Waals surface area contributed by atoms with E-state index in [1.807, 2.05) is 48.5 Å². The number of hydrogen-bond acceptors (Lipinski definition) is 2. The molecule has 2 aromatic rings. The highest BCUT2D eigenvalue weighted by atomic mass is 127. The molecule has 0 aromatic heterocycles. The Morgan fingerprint density at radius 2 is 2.00 bits per heavy atom. The van der Waals surface area contributed by atoms with E-state index in [9.17, 15) is 0 Å². The van der Waals surface area contributed by atoms with Gasteiger partial charge in [-0.1, -0.05) is 35.9 Å². The molecule has 3 N–H and O–H groups in total. The van der Waals surface area contributed by atoms with E-state index in [0.717, 1.165) is 28.4 Å². The van der Waals surface area contributed by atoms with Crippen LogP contribution in [0.2, 0.25) is 5.02 Å². The number of ether oxygens (including phenoxy) is 1. The first-order valence-electron chi connectivity index (χ1n) is 6.63. The highest BCUT2D eigenvalue weighted by Crippen LogP contribution is 2.17. The van der Waals surface area contributed by atoms with Crippen LogP contribution in [0.1, 0.15) is 5.56 Å². The van der Waals surface area contributed by atoms with E-state index in [2.05, 4.69) is 10.3 Å². The van der Waals surface area contributed by atoms with Crippen LogP contribution in [0.3, 0.4) is 0 Å². The van der Waals surface area contributed by atoms with Crippen LogP contribution in [0.5, 0.6) is 5.75 Å². The van der Waals surface area contributed by atoms with E-state index in [4.69, 9.17) is 22.1 Å². The molecule has 0 aliphatic heterocycles. The molecule has 0 atom stereocenters. The van der Waals surface area contributed by atoms with Crippen LogP contribution >= 0.6 is 35.6 Å². The molecule has 22 heavy (non-hydrogen) atoms. The van der Waals surface area contributed by atoms with Crippen molar-refractivity contribution in [1.29, 1.82) is 0 Å². The Bertz CT molecular complexity index is 634. The molecule has 6 heteroatoms.